The van der Waals surface area contributed by atoms with Crippen LogP contribution in [-0.4, -0.2) is 38.8 Å². The van der Waals surface area contributed by atoms with E-state index in [1.807, 2.05) is 18.2 Å². The van der Waals surface area contributed by atoms with Gasteiger partial charge in [0.2, 0.25) is 0 Å². The summed E-state index contributed by atoms with van der Waals surface area (Å²) in [5, 5.41) is 9.93. The normalized spacial score (nSPS) is 11.3. The van der Waals surface area contributed by atoms with Crippen LogP contribution in [-0.2, 0) is 19.4 Å². The molecule has 0 amide bonds. The first-order valence-electron chi connectivity index (χ1n) is 8.28. The lowest BCUT2D eigenvalue weighted by atomic mass is 10.2. The molecule has 136 valence electrons. The fraction of sp³-hybridized carbons (Fsp3) is 0.444. The lowest BCUT2D eigenvalue weighted by Crippen LogP contribution is -2.37. The summed E-state index contributed by atoms with van der Waals surface area (Å²) in [4.78, 5) is 8.83. The van der Waals surface area contributed by atoms with Crippen molar-refractivity contribution in [2.75, 3.05) is 27.8 Å². The van der Waals surface area contributed by atoms with Gasteiger partial charge in [0.25, 0.3) is 0 Å². The highest BCUT2D eigenvalue weighted by atomic mass is 32.1. The minimum absolute atomic E-state index is 0.650. The van der Waals surface area contributed by atoms with Crippen molar-refractivity contribution in [1.29, 1.82) is 0 Å². The molecule has 0 atom stereocenters. The first-order chi connectivity index (χ1) is 12.2. The van der Waals surface area contributed by atoms with Crippen LogP contribution in [0.3, 0.4) is 0 Å². The molecule has 0 aliphatic carbocycles. The molecule has 0 unspecified atom stereocenters. The number of ether oxygens (including phenoxy) is 2. The summed E-state index contributed by atoms with van der Waals surface area (Å²) in [6, 6.07) is 5.86. The molecular weight excluding hydrogens is 336 g/mol. The van der Waals surface area contributed by atoms with Gasteiger partial charge in [-0.3, -0.25) is 4.99 Å². The fourth-order valence-corrected chi connectivity index (χ4v) is 3.11. The van der Waals surface area contributed by atoms with Crippen LogP contribution in [0, 0.1) is 0 Å². The second-order valence-corrected chi connectivity index (χ2v) is 6.32. The molecule has 7 heteroatoms. The number of hydrogen-bond acceptors (Lipinski definition) is 5. The SMILES string of the molecule is CCc1nc(CCNC(=NC)NCc2ccc(OC)c(OC)c2)cs1. The molecule has 1 aromatic carbocycles. The van der Waals surface area contributed by atoms with Gasteiger partial charge in [0.15, 0.2) is 17.5 Å². The van der Waals surface area contributed by atoms with Crippen molar-refractivity contribution >= 4 is 17.3 Å². The minimum atomic E-state index is 0.650. The molecular formula is C18H26N4O2S. The maximum atomic E-state index is 5.33. The summed E-state index contributed by atoms with van der Waals surface area (Å²) in [6.45, 7) is 3.57. The summed E-state index contributed by atoms with van der Waals surface area (Å²) in [5.74, 6) is 2.21. The van der Waals surface area contributed by atoms with Crippen LogP contribution < -0.4 is 20.1 Å². The van der Waals surface area contributed by atoms with E-state index in [-0.39, 0.29) is 0 Å². The third-order valence-corrected chi connectivity index (χ3v) is 4.75. The van der Waals surface area contributed by atoms with E-state index in [1.165, 1.54) is 5.01 Å². The van der Waals surface area contributed by atoms with E-state index in [0.717, 1.165) is 48.1 Å². The number of guanidine groups is 1. The molecule has 2 N–H and O–H groups in total. The van der Waals surface area contributed by atoms with Gasteiger partial charge in [-0.25, -0.2) is 4.98 Å². The summed E-state index contributed by atoms with van der Waals surface area (Å²) >= 11 is 1.72. The maximum absolute atomic E-state index is 5.33. The van der Waals surface area contributed by atoms with Gasteiger partial charge in [0.05, 0.1) is 24.9 Å². The molecule has 1 heterocycles. The smallest absolute Gasteiger partial charge is 0.191 e. The second-order valence-electron chi connectivity index (χ2n) is 5.38. The van der Waals surface area contributed by atoms with E-state index in [0.29, 0.717) is 6.54 Å². The summed E-state index contributed by atoms with van der Waals surface area (Å²) in [6.07, 6.45) is 1.88. The fourth-order valence-electron chi connectivity index (χ4n) is 2.33. The van der Waals surface area contributed by atoms with Gasteiger partial charge in [0.1, 0.15) is 0 Å². The first-order valence-corrected chi connectivity index (χ1v) is 9.16. The lowest BCUT2D eigenvalue weighted by Gasteiger charge is -2.13. The number of methoxy groups -OCH3 is 2. The van der Waals surface area contributed by atoms with Crippen LogP contribution in [0.1, 0.15) is 23.2 Å². The average Bonchev–Trinajstić information content (AvgIpc) is 3.12. The Labute approximate surface area is 153 Å². The molecule has 0 bridgehead atoms. The quantitative estimate of drug-likeness (QED) is 0.558. The monoisotopic (exact) mass is 362 g/mol. The average molecular weight is 362 g/mol. The number of benzene rings is 1. The number of hydrogen-bond donors (Lipinski definition) is 2. The predicted octanol–water partition coefficient (Wildman–Crippen LogP) is 2.63. The highest BCUT2D eigenvalue weighted by molar-refractivity contribution is 7.09. The molecule has 0 fully saturated rings. The number of nitrogens with one attached hydrogen (secondary N) is 2. The molecule has 6 nitrogen and oxygen atoms in total. The number of rotatable bonds is 8. The topological polar surface area (TPSA) is 67.8 Å². The number of aliphatic imine (C=N–C) groups is 1. The van der Waals surface area contributed by atoms with Crippen LogP contribution >= 0.6 is 11.3 Å². The molecule has 2 rings (SSSR count). The highest BCUT2D eigenvalue weighted by Gasteiger charge is 2.06. The Morgan fingerprint density at radius 2 is 2.00 bits per heavy atom. The zero-order chi connectivity index (χ0) is 18.1. The molecule has 0 aliphatic rings. The second kappa shape index (κ2) is 9.88. The van der Waals surface area contributed by atoms with Crippen LogP contribution in [0.25, 0.3) is 0 Å². The van der Waals surface area contributed by atoms with Crippen molar-refractivity contribution in [2.45, 2.75) is 26.3 Å². The molecule has 1 aromatic heterocycles. The van der Waals surface area contributed by atoms with Gasteiger partial charge in [-0.05, 0) is 24.1 Å². The Balaban J connectivity index is 1.81. The van der Waals surface area contributed by atoms with Gasteiger partial charge in [-0.2, -0.15) is 0 Å². The number of nitrogens with zero attached hydrogens (tertiary/aromatic N) is 2. The van der Waals surface area contributed by atoms with E-state index >= 15 is 0 Å². The van der Waals surface area contributed by atoms with Gasteiger partial charge in [-0.1, -0.05) is 13.0 Å². The van der Waals surface area contributed by atoms with Crippen molar-refractivity contribution in [1.82, 2.24) is 15.6 Å². The van der Waals surface area contributed by atoms with E-state index in [2.05, 4.69) is 32.9 Å². The van der Waals surface area contributed by atoms with Crippen molar-refractivity contribution in [3.8, 4) is 11.5 Å². The Hall–Kier alpha value is -2.28. The number of aromatic nitrogens is 1. The summed E-state index contributed by atoms with van der Waals surface area (Å²) < 4.78 is 10.6. The number of thiazole rings is 1. The van der Waals surface area contributed by atoms with E-state index in [1.54, 1.807) is 32.6 Å². The Kier molecular flexibility index (Phi) is 7.53. The van der Waals surface area contributed by atoms with E-state index in [4.69, 9.17) is 9.47 Å². The van der Waals surface area contributed by atoms with Crippen LogP contribution in [0.15, 0.2) is 28.6 Å². The van der Waals surface area contributed by atoms with E-state index in [9.17, 15) is 0 Å². The summed E-state index contributed by atoms with van der Waals surface area (Å²) in [7, 11) is 5.04. The van der Waals surface area contributed by atoms with Gasteiger partial charge >= 0.3 is 0 Å². The molecule has 25 heavy (non-hydrogen) atoms. The third-order valence-electron chi connectivity index (χ3n) is 3.71. The predicted molar refractivity (Wildman–Crippen MR) is 103 cm³/mol. The van der Waals surface area contributed by atoms with Crippen LogP contribution in [0.5, 0.6) is 11.5 Å². The zero-order valence-electron chi connectivity index (χ0n) is 15.3. The van der Waals surface area contributed by atoms with Crippen LogP contribution in [0.2, 0.25) is 0 Å². The molecule has 0 spiro atoms. The molecule has 0 saturated carbocycles. The van der Waals surface area contributed by atoms with Crippen LogP contribution in [0.4, 0.5) is 0 Å². The molecule has 0 saturated heterocycles. The molecule has 0 radical (unpaired) electrons. The first kappa shape index (κ1) is 19.1. The zero-order valence-corrected chi connectivity index (χ0v) is 16.1. The van der Waals surface area contributed by atoms with Crippen molar-refractivity contribution < 1.29 is 9.47 Å². The Bertz CT molecular complexity index is 700. The largest absolute Gasteiger partial charge is 0.493 e. The van der Waals surface area contributed by atoms with Gasteiger partial charge in [0, 0.05) is 31.9 Å². The Morgan fingerprint density at radius 3 is 2.64 bits per heavy atom. The van der Waals surface area contributed by atoms with Crippen molar-refractivity contribution in [3.63, 3.8) is 0 Å². The molecule has 0 aliphatic heterocycles. The van der Waals surface area contributed by atoms with Gasteiger partial charge in [-0.15, -0.1) is 11.3 Å². The third kappa shape index (κ3) is 5.63. The Morgan fingerprint density at radius 1 is 1.20 bits per heavy atom. The number of aryl methyl sites for hydroxylation is 1. The van der Waals surface area contributed by atoms with Gasteiger partial charge < -0.3 is 20.1 Å². The molecule has 2 aromatic rings. The van der Waals surface area contributed by atoms with Crippen molar-refractivity contribution in [2.24, 2.45) is 4.99 Å². The minimum Gasteiger partial charge on any atom is -0.493 e. The van der Waals surface area contributed by atoms with Crippen molar-refractivity contribution in [3.05, 3.63) is 39.8 Å². The van der Waals surface area contributed by atoms with E-state index < -0.39 is 0 Å². The summed E-state index contributed by atoms with van der Waals surface area (Å²) in [5.41, 5.74) is 2.22. The standard InChI is InChI=1S/C18H26N4O2S/c1-5-17-22-14(12-25-17)8-9-20-18(19-2)21-11-13-6-7-15(23-3)16(10-13)24-4/h6-7,10,12H,5,8-9,11H2,1-4H3,(H2,19,20,21). The highest BCUT2D eigenvalue weighted by Crippen LogP contribution is 2.27. The maximum Gasteiger partial charge on any atom is 0.191 e. The lowest BCUT2D eigenvalue weighted by molar-refractivity contribution is 0.354.